The van der Waals surface area contributed by atoms with Crippen molar-refractivity contribution in [3.05, 3.63) is 11.6 Å². The third-order valence-electron chi connectivity index (χ3n) is 0.612. The van der Waals surface area contributed by atoms with E-state index in [2.05, 4.69) is 13.0 Å². The van der Waals surface area contributed by atoms with Crippen LogP contribution >= 0.6 is 0 Å². The maximum absolute atomic E-state index is 2.21. The van der Waals surface area contributed by atoms with Crippen LogP contribution in [0, 0.1) is 0 Å². The van der Waals surface area contributed by atoms with Crippen LogP contribution in [0.25, 0.3) is 0 Å². The van der Waals surface area contributed by atoms with E-state index in [0.717, 1.165) is 0 Å². The van der Waals surface area contributed by atoms with Gasteiger partial charge in [0.25, 0.3) is 0 Å². The largest absolute Gasteiger partial charge is 0.412 e. The lowest BCUT2D eigenvalue weighted by Gasteiger charge is -1.47. The molecule has 0 fully saturated rings. The molecule has 0 amide bonds. The molecule has 0 saturated carbocycles. The van der Waals surface area contributed by atoms with Crippen LogP contribution in [0.1, 0.15) is 13.3 Å². The molecule has 1 nitrogen and oxygen atoms in total. The lowest BCUT2D eigenvalue weighted by atomic mass is 10.6. The Kier molecular flexibility index (Phi) is 1.15. The third kappa shape index (κ3) is 1.47. The molecule has 0 aromatic rings. The van der Waals surface area contributed by atoms with Crippen LogP contribution in [0.5, 0.6) is 0 Å². The van der Waals surface area contributed by atoms with Gasteiger partial charge in [-0.05, 0) is 13.3 Å². The Hall–Kier alpha value is -0.300. The fraction of sp³-hybridized carbons (Fsp3) is 0.500. The summed E-state index contributed by atoms with van der Waals surface area (Å²) in [5.74, 6) is 0. The second-order valence-electron chi connectivity index (χ2n) is 1.25. The molecule has 0 bridgehead atoms. The molecular weight excluding hydrogens is 64.0 g/mol. The molecule has 0 heterocycles. The molecule has 0 atom stereocenters. The zero-order chi connectivity index (χ0) is 2.99. The predicted octanol–water partition coefficient (Wildman–Crippen LogP) is 0.512. The van der Waals surface area contributed by atoms with Gasteiger partial charge in [-0.25, -0.2) is 0 Å². The highest BCUT2D eigenvalue weighted by molar-refractivity contribution is 5.17. The summed E-state index contributed by atoms with van der Waals surface area (Å²) >= 11 is 0. The number of hydrogen-bond acceptors (Lipinski definition) is 0. The topological polar surface area (TPSA) is 31.5 Å². The summed E-state index contributed by atoms with van der Waals surface area (Å²) in [4.78, 5) is 0. The minimum atomic E-state index is 0. The third-order valence-corrected chi connectivity index (χ3v) is 0.612. The molecule has 0 saturated heterocycles. The van der Waals surface area contributed by atoms with E-state index in [1.54, 1.807) is 5.57 Å². The second kappa shape index (κ2) is 1.22. The number of rotatable bonds is 0. The summed E-state index contributed by atoms with van der Waals surface area (Å²) in [6, 6.07) is 0. The predicted molar refractivity (Wildman–Crippen MR) is 22.0 cm³/mol. The lowest BCUT2D eigenvalue weighted by molar-refractivity contribution is 0.824. The Labute approximate surface area is 31.6 Å². The zero-order valence-electron chi connectivity index (χ0n) is 3.28. The van der Waals surface area contributed by atoms with Crippen molar-refractivity contribution < 1.29 is 5.48 Å². The minimum absolute atomic E-state index is 0. The normalized spacial score (nSPS) is 15.8. The molecule has 5 heavy (non-hydrogen) atoms. The number of allylic oxidation sites excluding steroid dienone is 2. The van der Waals surface area contributed by atoms with Crippen LogP contribution in [-0.4, -0.2) is 5.48 Å². The Balaban J connectivity index is 0.000000160. The fourth-order valence-electron chi connectivity index (χ4n) is 0.102. The Morgan fingerprint density at radius 1 is 1.80 bits per heavy atom. The van der Waals surface area contributed by atoms with E-state index in [9.17, 15) is 0 Å². The molecule has 1 aliphatic carbocycles. The SMILES string of the molecule is CC1=CC1.O. The van der Waals surface area contributed by atoms with Crippen LogP contribution in [0.4, 0.5) is 0 Å². The summed E-state index contributed by atoms with van der Waals surface area (Å²) in [6.45, 7) is 2.14. The van der Waals surface area contributed by atoms with Gasteiger partial charge in [-0.2, -0.15) is 0 Å². The van der Waals surface area contributed by atoms with Crippen LogP contribution < -0.4 is 0 Å². The first-order valence-corrected chi connectivity index (χ1v) is 1.55. The molecule has 0 spiro atoms. The molecule has 0 aromatic heterocycles. The number of hydrogen-bond donors (Lipinski definition) is 0. The molecule has 0 aromatic carbocycles. The van der Waals surface area contributed by atoms with Gasteiger partial charge < -0.3 is 5.48 Å². The summed E-state index contributed by atoms with van der Waals surface area (Å²) in [7, 11) is 0. The molecule has 1 aliphatic rings. The maximum Gasteiger partial charge on any atom is -0.0139 e. The van der Waals surface area contributed by atoms with Gasteiger partial charge in [0, 0.05) is 0 Å². The first-order chi connectivity index (χ1) is 1.89. The molecule has 30 valence electrons. The summed E-state index contributed by atoms with van der Waals surface area (Å²) in [6.07, 6.45) is 3.49. The van der Waals surface area contributed by atoms with Gasteiger partial charge in [0.1, 0.15) is 0 Å². The smallest absolute Gasteiger partial charge is 0.0139 e. The molecule has 2 N–H and O–H groups in total. The van der Waals surface area contributed by atoms with Gasteiger partial charge in [-0.1, -0.05) is 11.6 Å². The van der Waals surface area contributed by atoms with Crippen molar-refractivity contribution in [1.29, 1.82) is 0 Å². The van der Waals surface area contributed by atoms with Crippen molar-refractivity contribution in [3.8, 4) is 0 Å². The van der Waals surface area contributed by atoms with E-state index >= 15 is 0 Å². The highest BCUT2D eigenvalue weighted by Gasteiger charge is 1.94. The van der Waals surface area contributed by atoms with Crippen molar-refractivity contribution in [2.75, 3.05) is 0 Å². The summed E-state index contributed by atoms with van der Waals surface area (Å²) < 4.78 is 0. The Morgan fingerprint density at radius 2 is 2.00 bits per heavy atom. The van der Waals surface area contributed by atoms with Gasteiger partial charge in [-0.3, -0.25) is 0 Å². The van der Waals surface area contributed by atoms with Crippen LogP contribution in [0.2, 0.25) is 0 Å². The van der Waals surface area contributed by atoms with Crippen LogP contribution in [-0.2, 0) is 0 Å². The van der Waals surface area contributed by atoms with Crippen molar-refractivity contribution >= 4 is 0 Å². The van der Waals surface area contributed by atoms with Gasteiger partial charge in [0.05, 0.1) is 0 Å². The highest BCUT2D eigenvalue weighted by atomic mass is 16.0. The maximum atomic E-state index is 2.21. The Morgan fingerprint density at radius 3 is 2.00 bits per heavy atom. The van der Waals surface area contributed by atoms with Gasteiger partial charge in [0.2, 0.25) is 0 Å². The van der Waals surface area contributed by atoms with E-state index in [1.807, 2.05) is 0 Å². The van der Waals surface area contributed by atoms with Crippen LogP contribution in [0.3, 0.4) is 0 Å². The van der Waals surface area contributed by atoms with Gasteiger partial charge >= 0.3 is 0 Å². The molecule has 0 aliphatic heterocycles. The average Bonchev–Trinajstić information content (AvgIpc) is 1.75. The summed E-state index contributed by atoms with van der Waals surface area (Å²) in [5.41, 5.74) is 1.54. The highest BCUT2D eigenvalue weighted by Crippen LogP contribution is 2.14. The van der Waals surface area contributed by atoms with E-state index in [1.165, 1.54) is 6.42 Å². The molecule has 0 radical (unpaired) electrons. The van der Waals surface area contributed by atoms with E-state index in [0.29, 0.717) is 0 Å². The molecule has 1 rings (SSSR count). The molecular formula is C4H8O. The Bertz CT molecular complexity index is 54.7. The quantitative estimate of drug-likeness (QED) is 0.373. The second-order valence-corrected chi connectivity index (χ2v) is 1.25. The first-order valence-electron chi connectivity index (χ1n) is 1.55. The van der Waals surface area contributed by atoms with Crippen molar-refractivity contribution in [2.24, 2.45) is 0 Å². The van der Waals surface area contributed by atoms with Gasteiger partial charge in [-0.15, -0.1) is 0 Å². The van der Waals surface area contributed by atoms with Crippen LogP contribution in [0.15, 0.2) is 11.6 Å². The van der Waals surface area contributed by atoms with E-state index in [4.69, 9.17) is 0 Å². The minimum Gasteiger partial charge on any atom is -0.412 e. The van der Waals surface area contributed by atoms with E-state index in [-0.39, 0.29) is 5.48 Å². The molecule has 1 heteroatoms. The first kappa shape index (κ1) is 4.70. The van der Waals surface area contributed by atoms with Crippen molar-refractivity contribution in [2.45, 2.75) is 13.3 Å². The van der Waals surface area contributed by atoms with E-state index < -0.39 is 0 Å². The zero-order valence-corrected chi connectivity index (χ0v) is 3.28. The standard InChI is InChI=1S/C4H6.H2O/c1-4-2-3-4;/h2H,3H2,1H3;1H2. The average molecular weight is 72.1 g/mol. The lowest BCUT2D eigenvalue weighted by Crippen LogP contribution is -1.26. The molecule has 0 unspecified atom stereocenters. The van der Waals surface area contributed by atoms with Gasteiger partial charge in [0.15, 0.2) is 0 Å². The monoisotopic (exact) mass is 72.1 g/mol. The summed E-state index contributed by atoms with van der Waals surface area (Å²) in [5, 5.41) is 0. The fourth-order valence-corrected chi connectivity index (χ4v) is 0.102. The van der Waals surface area contributed by atoms with Crippen molar-refractivity contribution in [3.63, 3.8) is 0 Å². The van der Waals surface area contributed by atoms with Crippen molar-refractivity contribution in [1.82, 2.24) is 0 Å².